The van der Waals surface area contributed by atoms with Crippen LogP contribution in [-0.2, 0) is 10.0 Å². The van der Waals surface area contributed by atoms with Crippen LogP contribution in [0.2, 0.25) is 0 Å². The predicted octanol–water partition coefficient (Wildman–Crippen LogP) is 2.26. The molecule has 0 aromatic heterocycles. The van der Waals surface area contributed by atoms with Crippen LogP contribution >= 0.6 is 0 Å². The van der Waals surface area contributed by atoms with E-state index in [2.05, 4.69) is 4.72 Å². The van der Waals surface area contributed by atoms with Crippen molar-refractivity contribution in [2.75, 3.05) is 12.3 Å². The lowest BCUT2D eigenvalue weighted by Gasteiger charge is -2.22. The summed E-state index contributed by atoms with van der Waals surface area (Å²) < 4.78 is 52.7. The molecule has 0 unspecified atom stereocenters. The highest BCUT2D eigenvalue weighted by Gasteiger charge is 2.24. The molecule has 1 aromatic carbocycles. The molecular weight excluding hydrogens is 274 g/mol. The number of nitrogen functional groups attached to an aromatic ring is 1. The molecule has 1 aromatic rings. The van der Waals surface area contributed by atoms with Gasteiger partial charge in [-0.3, -0.25) is 0 Å². The van der Waals surface area contributed by atoms with Crippen molar-refractivity contribution < 1.29 is 17.2 Å². The molecule has 0 aliphatic heterocycles. The van der Waals surface area contributed by atoms with Gasteiger partial charge in [0.2, 0.25) is 10.0 Å². The second-order valence-electron chi connectivity index (χ2n) is 5.15. The molecule has 1 rings (SSSR count). The van der Waals surface area contributed by atoms with Gasteiger partial charge in [0, 0.05) is 12.6 Å². The zero-order chi connectivity index (χ0) is 14.8. The highest BCUT2D eigenvalue weighted by molar-refractivity contribution is 7.89. The second-order valence-corrected chi connectivity index (χ2v) is 6.88. The Morgan fingerprint density at radius 2 is 1.84 bits per heavy atom. The monoisotopic (exact) mass is 292 g/mol. The smallest absolute Gasteiger partial charge is 0.243 e. The molecule has 0 aliphatic carbocycles. The van der Waals surface area contributed by atoms with Crippen molar-refractivity contribution in [3.63, 3.8) is 0 Å². The Hall–Kier alpha value is -1.21. The molecule has 0 saturated carbocycles. The molecule has 0 radical (unpaired) electrons. The molecule has 0 aliphatic rings. The first kappa shape index (κ1) is 15.8. The van der Waals surface area contributed by atoms with Gasteiger partial charge in [-0.25, -0.2) is 21.9 Å². The Morgan fingerprint density at radius 3 is 2.37 bits per heavy atom. The van der Waals surface area contributed by atoms with Crippen molar-refractivity contribution in [1.82, 2.24) is 4.72 Å². The molecule has 0 saturated heterocycles. The fourth-order valence-corrected chi connectivity index (χ4v) is 2.58. The first-order valence-corrected chi connectivity index (χ1v) is 7.31. The van der Waals surface area contributed by atoms with Crippen LogP contribution in [0.1, 0.15) is 27.2 Å². The average Bonchev–Trinajstić information content (AvgIpc) is 2.31. The Balaban J connectivity index is 3.05. The minimum Gasteiger partial charge on any atom is -0.396 e. The van der Waals surface area contributed by atoms with E-state index >= 15 is 0 Å². The number of benzene rings is 1. The summed E-state index contributed by atoms with van der Waals surface area (Å²) in [4.78, 5) is -0.640. The molecule has 0 amide bonds. The van der Waals surface area contributed by atoms with Crippen LogP contribution in [0, 0.1) is 17.0 Å². The normalized spacial score (nSPS) is 12.7. The standard InChI is InChI=1S/C12H18F2N2O2S/c1-4-12(2,3)7-16-19(17,18)11-6-10(15)8(13)5-9(11)14/h5-6,16H,4,7,15H2,1-3H3. The summed E-state index contributed by atoms with van der Waals surface area (Å²) in [6.07, 6.45) is 0.754. The van der Waals surface area contributed by atoms with E-state index in [1.807, 2.05) is 20.8 Å². The van der Waals surface area contributed by atoms with Crippen LogP contribution in [0.4, 0.5) is 14.5 Å². The van der Waals surface area contributed by atoms with E-state index in [4.69, 9.17) is 5.73 Å². The van der Waals surface area contributed by atoms with Crippen LogP contribution in [0.5, 0.6) is 0 Å². The van der Waals surface area contributed by atoms with Gasteiger partial charge < -0.3 is 5.73 Å². The molecule has 19 heavy (non-hydrogen) atoms. The lowest BCUT2D eigenvalue weighted by molar-refractivity contribution is 0.350. The topological polar surface area (TPSA) is 72.2 Å². The molecule has 0 spiro atoms. The van der Waals surface area contributed by atoms with Crippen LogP contribution in [0.15, 0.2) is 17.0 Å². The summed E-state index contributed by atoms with van der Waals surface area (Å²) in [5.74, 6) is -2.14. The highest BCUT2D eigenvalue weighted by Crippen LogP contribution is 2.23. The minimum absolute atomic E-state index is 0.155. The number of nitrogens with one attached hydrogen (secondary N) is 1. The SMILES string of the molecule is CCC(C)(C)CNS(=O)(=O)c1cc(N)c(F)cc1F. The lowest BCUT2D eigenvalue weighted by atomic mass is 9.91. The molecule has 3 N–H and O–H groups in total. The molecule has 7 heteroatoms. The molecule has 0 atom stereocenters. The van der Waals surface area contributed by atoms with Crippen LogP contribution < -0.4 is 10.5 Å². The van der Waals surface area contributed by atoms with E-state index in [-0.39, 0.29) is 12.0 Å². The fraction of sp³-hybridized carbons (Fsp3) is 0.500. The van der Waals surface area contributed by atoms with E-state index in [1.165, 1.54) is 0 Å². The molecular formula is C12H18F2N2O2S. The lowest BCUT2D eigenvalue weighted by Crippen LogP contribution is -2.34. The first-order valence-electron chi connectivity index (χ1n) is 5.83. The first-order chi connectivity index (χ1) is 8.59. The third kappa shape index (κ3) is 3.87. The maximum Gasteiger partial charge on any atom is 0.243 e. The molecule has 0 heterocycles. The van der Waals surface area contributed by atoms with Gasteiger partial charge in [0.15, 0.2) is 0 Å². The summed E-state index contributed by atoms with van der Waals surface area (Å²) in [7, 11) is -4.05. The largest absolute Gasteiger partial charge is 0.396 e. The Kier molecular flexibility index (Phi) is 4.52. The van der Waals surface area contributed by atoms with Gasteiger partial charge in [0.25, 0.3) is 0 Å². The van der Waals surface area contributed by atoms with Crippen molar-refractivity contribution in [2.45, 2.75) is 32.1 Å². The van der Waals surface area contributed by atoms with Gasteiger partial charge in [-0.1, -0.05) is 20.8 Å². The third-order valence-electron chi connectivity index (χ3n) is 3.04. The summed E-state index contributed by atoms with van der Waals surface area (Å²) in [5, 5.41) is 0. The Bertz CT molecular complexity index is 571. The summed E-state index contributed by atoms with van der Waals surface area (Å²) >= 11 is 0. The maximum atomic E-state index is 13.5. The average molecular weight is 292 g/mol. The molecule has 108 valence electrons. The quantitative estimate of drug-likeness (QED) is 0.818. The summed E-state index contributed by atoms with van der Waals surface area (Å²) in [6, 6.07) is 1.25. The van der Waals surface area contributed by atoms with Crippen molar-refractivity contribution in [2.24, 2.45) is 5.41 Å². The summed E-state index contributed by atoms with van der Waals surface area (Å²) in [5.41, 5.74) is 4.60. The van der Waals surface area contributed by atoms with E-state index in [0.29, 0.717) is 6.07 Å². The number of halogens is 2. The molecule has 0 fully saturated rings. The number of sulfonamides is 1. The number of hydrogen-bond acceptors (Lipinski definition) is 3. The van der Waals surface area contributed by atoms with Crippen LogP contribution in [0.25, 0.3) is 0 Å². The van der Waals surface area contributed by atoms with Gasteiger partial charge in [-0.15, -0.1) is 0 Å². The Morgan fingerprint density at radius 1 is 1.26 bits per heavy atom. The van der Waals surface area contributed by atoms with Gasteiger partial charge in [0.05, 0.1) is 5.69 Å². The van der Waals surface area contributed by atoms with E-state index in [9.17, 15) is 17.2 Å². The number of nitrogens with two attached hydrogens (primary N) is 1. The van der Waals surface area contributed by atoms with E-state index in [0.717, 1.165) is 12.5 Å². The van der Waals surface area contributed by atoms with Crippen molar-refractivity contribution in [1.29, 1.82) is 0 Å². The van der Waals surface area contributed by atoms with Crippen LogP contribution in [-0.4, -0.2) is 15.0 Å². The summed E-state index contributed by atoms with van der Waals surface area (Å²) in [6.45, 7) is 5.84. The zero-order valence-electron chi connectivity index (χ0n) is 11.1. The Labute approximate surface area is 112 Å². The molecule has 4 nitrogen and oxygen atoms in total. The fourth-order valence-electron chi connectivity index (χ4n) is 1.24. The minimum atomic E-state index is -4.05. The third-order valence-corrected chi connectivity index (χ3v) is 4.45. The van der Waals surface area contributed by atoms with Gasteiger partial charge in [-0.2, -0.15) is 0 Å². The van der Waals surface area contributed by atoms with Gasteiger partial charge in [-0.05, 0) is 17.9 Å². The van der Waals surface area contributed by atoms with Gasteiger partial charge in [0.1, 0.15) is 16.5 Å². The van der Waals surface area contributed by atoms with Gasteiger partial charge >= 0.3 is 0 Å². The maximum absolute atomic E-state index is 13.5. The van der Waals surface area contributed by atoms with E-state index < -0.39 is 32.2 Å². The van der Waals surface area contributed by atoms with E-state index in [1.54, 1.807) is 0 Å². The van der Waals surface area contributed by atoms with Crippen LogP contribution in [0.3, 0.4) is 0 Å². The van der Waals surface area contributed by atoms with Crippen molar-refractivity contribution in [3.05, 3.63) is 23.8 Å². The highest BCUT2D eigenvalue weighted by atomic mass is 32.2. The number of anilines is 1. The molecule has 0 bridgehead atoms. The zero-order valence-corrected chi connectivity index (χ0v) is 11.9. The van der Waals surface area contributed by atoms with Crippen molar-refractivity contribution >= 4 is 15.7 Å². The predicted molar refractivity (Wildman–Crippen MR) is 70.0 cm³/mol. The number of hydrogen-bond donors (Lipinski definition) is 2. The van der Waals surface area contributed by atoms with Crippen molar-refractivity contribution in [3.8, 4) is 0 Å². The number of rotatable bonds is 5. The second kappa shape index (κ2) is 5.42.